The van der Waals surface area contributed by atoms with Crippen LogP contribution in [0, 0.1) is 0 Å². The summed E-state index contributed by atoms with van der Waals surface area (Å²) >= 11 is 0. The second kappa shape index (κ2) is 11.1. The van der Waals surface area contributed by atoms with E-state index in [-0.39, 0.29) is 16.2 Å². The van der Waals surface area contributed by atoms with Gasteiger partial charge in [-0.1, -0.05) is 145 Å². The number of hydrogen-bond acceptors (Lipinski definition) is 1. The molecule has 0 saturated carbocycles. The third-order valence-corrected chi connectivity index (χ3v) is 11.3. The van der Waals surface area contributed by atoms with Gasteiger partial charge < -0.3 is 4.90 Å². The van der Waals surface area contributed by atoms with E-state index in [9.17, 15) is 0 Å². The van der Waals surface area contributed by atoms with Crippen molar-refractivity contribution in [1.82, 2.24) is 0 Å². The molecule has 238 valence electrons. The zero-order chi connectivity index (χ0) is 33.3. The standard InChI is InChI=1S/C47H45N/c1-45(2)28-29-46(3,4)44-37(21-15-23-41(44)45)39-30-38-36-20-13-14-22-40(36)47(5,6)42(38)31-43(39)48(34-18-11-8-12-19-34)35-26-24-33(25-27-35)32-16-9-7-10-17-32/h7-27,30-31H,28-29H2,1-6H3. The Balaban J connectivity index is 1.44. The van der Waals surface area contributed by atoms with Crippen LogP contribution >= 0.6 is 0 Å². The summed E-state index contributed by atoms with van der Waals surface area (Å²) in [5.74, 6) is 0. The molecular formula is C47H45N. The van der Waals surface area contributed by atoms with Crippen molar-refractivity contribution in [3.05, 3.63) is 162 Å². The Morgan fingerprint density at radius 3 is 1.71 bits per heavy atom. The molecule has 48 heavy (non-hydrogen) atoms. The quantitative estimate of drug-likeness (QED) is 0.185. The van der Waals surface area contributed by atoms with Gasteiger partial charge in [0, 0.05) is 22.4 Å². The molecule has 2 aliphatic carbocycles. The highest BCUT2D eigenvalue weighted by atomic mass is 15.1. The highest BCUT2D eigenvalue weighted by molar-refractivity contribution is 5.96. The number of hydrogen-bond donors (Lipinski definition) is 0. The van der Waals surface area contributed by atoms with Gasteiger partial charge in [-0.3, -0.25) is 0 Å². The summed E-state index contributed by atoms with van der Waals surface area (Å²) in [5, 5.41) is 0. The molecule has 0 fully saturated rings. The topological polar surface area (TPSA) is 3.24 Å². The zero-order valence-corrected chi connectivity index (χ0v) is 29.1. The first kappa shape index (κ1) is 30.5. The number of benzene rings is 6. The first-order valence-corrected chi connectivity index (χ1v) is 17.5. The van der Waals surface area contributed by atoms with Crippen LogP contribution in [0.4, 0.5) is 17.1 Å². The van der Waals surface area contributed by atoms with Crippen molar-refractivity contribution in [2.75, 3.05) is 4.90 Å². The summed E-state index contributed by atoms with van der Waals surface area (Å²) in [7, 11) is 0. The Hall–Kier alpha value is -4.88. The molecule has 0 amide bonds. The molecule has 0 aromatic heterocycles. The fourth-order valence-electron chi connectivity index (χ4n) is 8.53. The lowest BCUT2D eigenvalue weighted by atomic mass is 9.61. The normalized spacial score (nSPS) is 16.5. The van der Waals surface area contributed by atoms with E-state index in [0.29, 0.717) is 0 Å². The Bertz CT molecular complexity index is 2130. The Kier molecular flexibility index (Phi) is 7.04. The van der Waals surface area contributed by atoms with Crippen molar-refractivity contribution in [2.24, 2.45) is 0 Å². The third kappa shape index (κ3) is 4.83. The Morgan fingerprint density at radius 2 is 0.979 bits per heavy atom. The van der Waals surface area contributed by atoms with Crippen LogP contribution in [0.15, 0.2) is 140 Å². The van der Waals surface area contributed by atoms with Gasteiger partial charge in [-0.15, -0.1) is 0 Å². The van der Waals surface area contributed by atoms with E-state index in [0.717, 1.165) is 11.4 Å². The molecule has 0 unspecified atom stereocenters. The lowest BCUT2D eigenvalue weighted by Gasteiger charge is -2.43. The van der Waals surface area contributed by atoms with Crippen LogP contribution in [0.2, 0.25) is 0 Å². The van der Waals surface area contributed by atoms with Crippen molar-refractivity contribution < 1.29 is 0 Å². The summed E-state index contributed by atoms with van der Waals surface area (Å²) in [6.45, 7) is 14.5. The molecule has 6 aromatic rings. The molecule has 6 aromatic carbocycles. The molecule has 0 N–H and O–H groups in total. The first-order valence-electron chi connectivity index (χ1n) is 17.5. The highest BCUT2D eigenvalue weighted by Crippen LogP contribution is 2.56. The predicted molar refractivity (Wildman–Crippen MR) is 205 cm³/mol. The minimum absolute atomic E-state index is 0.0593. The monoisotopic (exact) mass is 623 g/mol. The van der Waals surface area contributed by atoms with Gasteiger partial charge in [-0.05, 0) is 110 Å². The smallest absolute Gasteiger partial charge is 0.0543 e. The number of para-hydroxylation sites is 1. The lowest BCUT2D eigenvalue weighted by molar-refractivity contribution is 0.333. The minimum Gasteiger partial charge on any atom is -0.310 e. The van der Waals surface area contributed by atoms with Crippen LogP contribution in [-0.2, 0) is 16.2 Å². The number of nitrogens with zero attached hydrogens (tertiary/aromatic N) is 1. The molecule has 8 rings (SSSR count). The molecule has 0 bridgehead atoms. The molecule has 2 aliphatic rings. The van der Waals surface area contributed by atoms with Crippen LogP contribution < -0.4 is 4.90 Å². The molecule has 0 aliphatic heterocycles. The zero-order valence-electron chi connectivity index (χ0n) is 29.1. The maximum absolute atomic E-state index is 2.53. The van der Waals surface area contributed by atoms with E-state index < -0.39 is 0 Å². The SMILES string of the molecule is CC1(C)CCC(C)(C)c2c(-c3cc4c(cc3N(c3ccccc3)c3ccc(-c5ccccc5)cc3)C(C)(C)c3ccccc3-4)cccc21. The molecule has 0 spiro atoms. The summed E-state index contributed by atoms with van der Waals surface area (Å²) in [4.78, 5) is 2.49. The van der Waals surface area contributed by atoms with E-state index in [1.807, 2.05) is 0 Å². The van der Waals surface area contributed by atoms with Gasteiger partial charge in [-0.25, -0.2) is 0 Å². The Morgan fingerprint density at radius 1 is 0.417 bits per heavy atom. The van der Waals surface area contributed by atoms with E-state index in [2.05, 4.69) is 186 Å². The predicted octanol–water partition coefficient (Wildman–Crippen LogP) is 13.1. The van der Waals surface area contributed by atoms with Gasteiger partial charge >= 0.3 is 0 Å². The minimum atomic E-state index is -0.115. The number of rotatable bonds is 5. The number of anilines is 3. The van der Waals surface area contributed by atoms with E-state index in [1.165, 1.54) is 74.2 Å². The molecule has 1 heteroatoms. The largest absolute Gasteiger partial charge is 0.310 e. The van der Waals surface area contributed by atoms with Crippen molar-refractivity contribution in [3.63, 3.8) is 0 Å². The van der Waals surface area contributed by atoms with E-state index in [1.54, 1.807) is 0 Å². The molecular weight excluding hydrogens is 579 g/mol. The van der Waals surface area contributed by atoms with Crippen LogP contribution in [0.3, 0.4) is 0 Å². The van der Waals surface area contributed by atoms with E-state index >= 15 is 0 Å². The lowest BCUT2D eigenvalue weighted by Crippen LogP contribution is -2.34. The van der Waals surface area contributed by atoms with Crippen molar-refractivity contribution in [1.29, 1.82) is 0 Å². The van der Waals surface area contributed by atoms with Gasteiger partial charge in [0.15, 0.2) is 0 Å². The van der Waals surface area contributed by atoms with Gasteiger partial charge in [-0.2, -0.15) is 0 Å². The highest BCUT2D eigenvalue weighted by Gasteiger charge is 2.41. The van der Waals surface area contributed by atoms with Crippen LogP contribution in [-0.4, -0.2) is 0 Å². The van der Waals surface area contributed by atoms with Crippen LogP contribution in [0.25, 0.3) is 33.4 Å². The summed E-state index contributed by atoms with van der Waals surface area (Å²) in [6.07, 6.45) is 2.36. The molecule has 1 nitrogen and oxygen atoms in total. The second-order valence-electron chi connectivity index (χ2n) is 15.7. The first-order chi connectivity index (χ1) is 23.1. The van der Waals surface area contributed by atoms with Crippen molar-refractivity contribution in [3.8, 4) is 33.4 Å². The average molecular weight is 624 g/mol. The average Bonchev–Trinajstić information content (AvgIpc) is 3.33. The van der Waals surface area contributed by atoms with Gasteiger partial charge in [0.2, 0.25) is 0 Å². The van der Waals surface area contributed by atoms with Crippen molar-refractivity contribution >= 4 is 17.1 Å². The van der Waals surface area contributed by atoms with E-state index in [4.69, 9.17) is 0 Å². The molecule has 0 heterocycles. The Labute approximate surface area is 286 Å². The molecule has 0 atom stereocenters. The second-order valence-corrected chi connectivity index (χ2v) is 15.7. The number of fused-ring (bicyclic) bond motifs is 4. The van der Waals surface area contributed by atoms with Crippen LogP contribution in [0.1, 0.15) is 76.6 Å². The van der Waals surface area contributed by atoms with Gasteiger partial charge in [0.05, 0.1) is 5.69 Å². The van der Waals surface area contributed by atoms with Crippen LogP contribution in [0.5, 0.6) is 0 Å². The molecule has 0 saturated heterocycles. The third-order valence-electron chi connectivity index (χ3n) is 11.3. The summed E-state index contributed by atoms with van der Waals surface area (Å²) in [6, 6.07) is 51.8. The fourth-order valence-corrected chi connectivity index (χ4v) is 8.53. The summed E-state index contributed by atoms with van der Waals surface area (Å²) in [5.41, 5.74) is 17.2. The maximum Gasteiger partial charge on any atom is 0.0543 e. The maximum atomic E-state index is 2.53. The van der Waals surface area contributed by atoms with Crippen molar-refractivity contribution in [2.45, 2.75) is 70.6 Å². The fraction of sp³-hybridized carbons (Fsp3) is 0.234. The van der Waals surface area contributed by atoms with Gasteiger partial charge in [0.1, 0.15) is 0 Å². The molecule has 0 radical (unpaired) electrons. The summed E-state index contributed by atoms with van der Waals surface area (Å²) < 4.78 is 0. The van der Waals surface area contributed by atoms with Gasteiger partial charge in [0.25, 0.3) is 0 Å².